The SMILES string of the molecule is CNC(C)C1CCCN(c2nccc3ccccc23)C1. The molecule has 0 spiro atoms. The maximum Gasteiger partial charge on any atom is 0.136 e. The molecule has 1 aliphatic rings. The van der Waals surface area contributed by atoms with Crippen LogP contribution in [0.4, 0.5) is 5.82 Å². The van der Waals surface area contributed by atoms with Crippen molar-refractivity contribution in [1.29, 1.82) is 0 Å². The second kappa shape index (κ2) is 5.80. The molecule has 2 unspecified atom stereocenters. The Morgan fingerprint density at radius 3 is 3.00 bits per heavy atom. The zero-order chi connectivity index (χ0) is 13.9. The number of anilines is 1. The summed E-state index contributed by atoms with van der Waals surface area (Å²) in [5.74, 6) is 1.85. The molecule has 0 bridgehead atoms. The fourth-order valence-electron chi connectivity index (χ4n) is 3.20. The van der Waals surface area contributed by atoms with E-state index in [9.17, 15) is 0 Å². The van der Waals surface area contributed by atoms with E-state index in [-0.39, 0.29) is 0 Å². The smallest absolute Gasteiger partial charge is 0.136 e. The minimum Gasteiger partial charge on any atom is -0.356 e. The van der Waals surface area contributed by atoms with Crippen LogP contribution in [-0.4, -0.2) is 31.2 Å². The Labute approximate surface area is 121 Å². The van der Waals surface area contributed by atoms with Gasteiger partial charge in [-0.25, -0.2) is 4.98 Å². The average Bonchev–Trinajstić information content (AvgIpc) is 2.53. The summed E-state index contributed by atoms with van der Waals surface area (Å²) in [5.41, 5.74) is 0. The monoisotopic (exact) mass is 269 g/mol. The molecule has 2 heterocycles. The zero-order valence-corrected chi connectivity index (χ0v) is 12.3. The van der Waals surface area contributed by atoms with E-state index < -0.39 is 0 Å². The number of nitrogens with one attached hydrogen (secondary N) is 1. The minimum absolute atomic E-state index is 0.563. The van der Waals surface area contributed by atoms with Crippen LogP contribution in [-0.2, 0) is 0 Å². The van der Waals surface area contributed by atoms with Crippen molar-refractivity contribution in [2.45, 2.75) is 25.8 Å². The second-order valence-corrected chi connectivity index (χ2v) is 5.78. The molecular formula is C17H23N3. The van der Waals surface area contributed by atoms with Crippen LogP contribution >= 0.6 is 0 Å². The van der Waals surface area contributed by atoms with Gasteiger partial charge in [-0.3, -0.25) is 0 Å². The van der Waals surface area contributed by atoms with Crippen molar-refractivity contribution >= 4 is 16.6 Å². The quantitative estimate of drug-likeness (QED) is 0.928. The number of hydrogen-bond donors (Lipinski definition) is 1. The highest BCUT2D eigenvalue weighted by Gasteiger charge is 2.25. The van der Waals surface area contributed by atoms with Gasteiger partial charge in [-0.1, -0.05) is 24.3 Å². The third kappa shape index (κ3) is 2.50. The Balaban J connectivity index is 1.91. The van der Waals surface area contributed by atoms with Gasteiger partial charge in [0, 0.05) is 30.7 Å². The lowest BCUT2D eigenvalue weighted by Crippen LogP contribution is -2.43. The molecule has 1 fully saturated rings. The van der Waals surface area contributed by atoms with Gasteiger partial charge in [-0.15, -0.1) is 0 Å². The Morgan fingerprint density at radius 1 is 1.30 bits per heavy atom. The molecule has 1 aromatic heterocycles. The number of rotatable bonds is 3. The molecule has 1 saturated heterocycles. The van der Waals surface area contributed by atoms with Crippen molar-refractivity contribution in [3.05, 3.63) is 36.5 Å². The highest BCUT2D eigenvalue weighted by molar-refractivity contribution is 5.92. The largest absolute Gasteiger partial charge is 0.356 e. The molecule has 0 saturated carbocycles. The topological polar surface area (TPSA) is 28.2 Å². The number of aromatic nitrogens is 1. The highest BCUT2D eigenvalue weighted by atomic mass is 15.2. The van der Waals surface area contributed by atoms with E-state index in [2.05, 4.69) is 59.5 Å². The van der Waals surface area contributed by atoms with Crippen molar-refractivity contribution < 1.29 is 0 Å². The Hall–Kier alpha value is -1.61. The lowest BCUT2D eigenvalue weighted by Gasteiger charge is -2.36. The van der Waals surface area contributed by atoms with Gasteiger partial charge in [0.1, 0.15) is 5.82 Å². The molecule has 1 N–H and O–H groups in total. The fourth-order valence-corrected chi connectivity index (χ4v) is 3.20. The first kappa shape index (κ1) is 13.4. The third-order valence-corrected chi connectivity index (χ3v) is 4.57. The summed E-state index contributed by atoms with van der Waals surface area (Å²) in [5, 5.41) is 5.95. The van der Waals surface area contributed by atoms with Crippen LogP contribution in [0.25, 0.3) is 10.8 Å². The molecule has 3 nitrogen and oxygen atoms in total. The van der Waals surface area contributed by atoms with E-state index in [4.69, 9.17) is 0 Å². The van der Waals surface area contributed by atoms with Crippen molar-refractivity contribution in [1.82, 2.24) is 10.3 Å². The summed E-state index contributed by atoms with van der Waals surface area (Å²) in [6, 6.07) is 11.2. The van der Waals surface area contributed by atoms with Crippen LogP contribution < -0.4 is 10.2 Å². The molecule has 0 aliphatic carbocycles. The van der Waals surface area contributed by atoms with Crippen LogP contribution in [0.5, 0.6) is 0 Å². The van der Waals surface area contributed by atoms with E-state index in [1.807, 2.05) is 6.20 Å². The van der Waals surface area contributed by atoms with E-state index in [1.54, 1.807) is 0 Å². The third-order valence-electron chi connectivity index (χ3n) is 4.57. The second-order valence-electron chi connectivity index (χ2n) is 5.78. The van der Waals surface area contributed by atoms with Gasteiger partial charge in [0.05, 0.1) is 0 Å². The number of piperidine rings is 1. The summed E-state index contributed by atoms with van der Waals surface area (Å²) in [6.07, 6.45) is 4.49. The molecule has 20 heavy (non-hydrogen) atoms. The molecule has 2 atom stereocenters. The van der Waals surface area contributed by atoms with Gasteiger partial charge < -0.3 is 10.2 Å². The normalized spacial score (nSPS) is 21.1. The Kier molecular flexibility index (Phi) is 3.88. The summed E-state index contributed by atoms with van der Waals surface area (Å²) in [4.78, 5) is 7.12. The molecule has 1 aliphatic heterocycles. The van der Waals surface area contributed by atoms with Gasteiger partial charge in [-0.05, 0) is 44.2 Å². The van der Waals surface area contributed by atoms with Crippen LogP contribution in [0.3, 0.4) is 0 Å². The maximum absolute atomic E-state index is 4.66. The molecule has 1 aromatic carbocycles. The highest BCUT2D eigenvalue weighted by Crippen LogP contribution is 2.29. The van der Waals surface area contributed by atoms with E-state index in [0.29, 0.717) is 12.0 Å². The zero-order valence-electron chi connectivity index (χ0n) is 12.3. The van der Waals surface area contributed by atoms with Gasteiger partial charge in [0.2, 0.25) is 0 Å². The first-order valence-electron chi connectivity index (χ1n) is 7.55. The summed E-state index contributed by atoms with van der Waals surface area (Å²) in [7, 11) is 2.06. The Morgan fingerprint density at radius 2 is 2.15 bits per heavy atom. The predicted molar refractivity (Wildman–Crippen MR) is 85.2 cm³/mol. The van der Waals surface area contributed by atoms with E-state index >= 15 is 0 Å². The first-order chi connectivity index (χ1) is 9.79. The molecule has 0 amide bonds. The molecular weight excluding hydrogens is 246 g/mol. The summed E-state index contributed by atoms with van der Waals surface area (Å²) >= 11 is 0. The van der Waals surface area contributed by atoms with Crippen molar-refractivity contribution in [3.8, 4) is 0 Å². The van der Waals surface area contributed by atoms with Crippen LogP contribution in [0.1, 0.15) is 19.8 Å². The molecule has 3 rings (SSSR count). The van der Waals surface area contributed by atoms with Crippen molar-refractivity contribution in [2.24, 2.45) is 5.92 Å². The van der Waals surface area contributed by atoms with Gasteiger partial charge in [0.15, 0.2) is 0 Å². The summed E-state index contributed by atoms with van der Waals surface area (Å²) in [6.45, 7) is 4.50. The van der Waals surface area contributed by atoms with Gasteiger partial charge in [0.25, 0.3) is 0 Å². The molecule has 2 aromatic rings. The average molecular weight is 269 g/mol. The number of pyridine rings is 1. The number of nitrogens with zero attached hydrogens (tertiary/aromatic N) is 2. The van der Waals surface area contributed by atoms with E-state index in [1.165, 1.54) is 23.6 Å². The van der Waals surface area contributed by atoms with Crippen LogP contribution in [0.15, 0.2) is 36.5 Å². The standard InChI is InChI=1S/C17H23N3/c1-13(18-2)15-7-5-11-20(12-15)17-16-8-4-3-6-14(16)9-10-19-17/h3-4,6,8-10,13,15,18H,5,7,11-12H2,1-2H3. The number of benzene rings is 1. The van der Waals surface area contributed by atoms with Crippen molar-refractivity contribution in [3.63, 3.8) is 0 Å². The molecule has 3 heteroatoms. The lowest BCUT2D eigenvalue weighted by molar-refractivity contribution is 0.332. The van der Waals surface area contributed by atoms with Crippen molar-refractivity contribution in [2.75, 3.05) is 25.0 Å². The van der Waals surface area contributed by atoms with Gasteiger partial charge >= 0.3 is 0 Å². The number of hydrogen-bond acceptors (Lipinski definition) is 3. The number of fused-ring (bicyclic) bond motifs is 1. The van der Waals surface area contributed by atoms with Crippen LogP contribution in [0.2, 0.25) is 0 Å². The molecule has 0 radical (unpaired) electrons. The van der Waals surface area contributed by atoms with Gasteiger partial charge in [-0.2, -0.15) is 0 Å². The van der Waals surface area contributed by atoms with Crippen LogP contribution in [0, 0.1) is 5.92 Å². The minimum atomic E-state index is 0.563. The predicted octanol–water partition coefficient (Wildman–Crippen LogP) is 3.06. The molecule has 106 valence electrons. The fraction of sp³-hybridized carbons (Fsp3) is 0.471. The van der Waals surface area contributed by atoms with E-state index in [0.717, 1.165) is 18.9 Å². The lowest BCUT2D eigenvalue weighted by atomic mass is 9.91. The maximum atomic E-state index is 4.66. The summed E-state index contributed by atoms with van der Waals surface area (Å²) < 4.78 is 0. The first-order valence-corrected chi connectivity index (χ1v) is 7.55. The Bertz CT molecular complexity index is 576.